The molecule has 3 rings (SSSR count). The van der Waals surface area contributed by atoms with E-state index in [-0.39, 0.29) is 13.0 Å². The van der Waals surface area contributed by atoms with E-state index in [1.165, 1.54) is 4.90 Å². The van der Waals surface area contributed by atoms with Crippen LogP contribution < -0.4 is 4.90 Å². The Morgan fingerprint density at radius 2 is 1.87 bits per heavy atom. The predicted octanol–water partition coefficient (Wildman–Crippen LogP) is 1.89. The highest BCUT2D eigenvalue weighted by molar-refractivity contribution is 7.87. The average Bonchev–Trinajstić information content (AvgIpc) is 3.02. The topological polar surface area (TPSA) is 72.3 Å². The van der Waals surface area contributed by atoms with E-state index in [0.717, 1.165) is 11.3 Å². The maximum Gasteiger partial charge on any atom is 0.307 e. The molecule has 0 aliphatic carbocycles. The second kappa shape index (κ2) is 5.45. The molecular formula is C15H16FN3O3S. The van der Waals surface area contributed by atoms with E-state index in [9.17, 15) is 17.1 Å². The largest absolute Gasteiger partial charge is 0.307 e. The van der Waals surface area contributed by atoms with Gasteiger partial charge in [-0.1, -0.05) is 17.7 Å². The summed E-state index contributed by atoms with van der Waals surface area (Å²) in [6.07, 6.45) is -0.350. The van der Waals surface area contributed by atoms with Crippen LogP contribution in [0.3, 0.4) is 0 Å². The van der Waals surface area contributed by atoms with Crippen molar-refractivity contribution in [2.45, 2.75) is 25.5 Å². The minimum Gasteiger partial charge on any atom is -0.295 e. The number of rotatable bonds is 3. The van der Waals surface area contributed by atoms with Gasteiger partial charge in [-0.05, 0) is 26.0 Å². The van der Waals surface area contributed by atoms with Gasteiger partial charge in [0.25, 0.3) is 0 Å². The number of halogens is 1. The molecule has 2 aromatic rings. The van der Waals surface area contributed by atoms with Gasteiger partial charge in [0.05, 0.1) is 11.4 Å². The Bertz CT molecular complexity index is 859. The molecule has 0 N–H and O–H groups in total. The van der Waals surface area contributed by atoms with Crippen LogP contribution in [0, 0.1) is 13.8 Å². The Morgan fingerprint density at radius 1 is 1.22 bits per heavy atom. The van der Waals surface area contributed by atoms with Crippen LogP contribution in [0.25, 0.3) is 5.69 Å². The van der Waals surface area contributed by atoms with Gasteiger partial charge in [0.2, 0.25) is 5.91 Å². The molecule has 8 heteroatoms. The van der Waals surface area contributed by atoms with Crippen LogP contribution in [-0.2, 0) is 15.0 Å². The van der Waals surface area contributed by atoms with Crippen molar-refractivity contribution in [2.75, 3.05) is 11.4 Å². The molecule has 1 unspecified atom stereocenters. The van der Waals surface area contributed by atoms with Crippen LogP contribution >= 0.6 is 0 Å². The van der Waals surface area contributed by atoms with Crippen molar-refractivity contribution in [1.82, 2.24) is 9.78 Å². The van der Waals surface area contributed by atoms with E-state index in [1.807, 2.05) is 31.2 Å². The van der Waals surface area contributed by atoms with Gasteiger partial charge in [-0.3, -0.25) is 9.69 Å². The molecule has 0 radical (unpaired) electrons. The van der Waals surface area contributed by atoms with E-state index < -0.39 is 21.4 Å². The summed E-state index contributed by atoms with van der Waals surface area (Å²) in [5.41, 5.74) is 2.51. The van der Waals surface area contributed by atoms with Crippen molar-refractivity contribution >= 4 is 21.9 Å². The average molecular weight is 337 g/mol. The molecule has 1 aromatic carbocycles. The highest BCUT2D eigenvalue weighted by atomic mass is 32.3. The van der Waals surface area contributed by atoms with Gasteiger partial charge >= 0.3 is 10.2 Å². The summed E-state index contributed by atoms with van der Waals surface area (Å²) in [7, 11) is -4.74. The number of amides is 1. The maximum atomic E-state index is 13.2. The first-order valence-electron chi connectivity index (χ1n) is 7.13. The second-order valence-corrected chi connectivity index (χ2v) is 7.32. The molecule has 2 heterocycles. The number of carbonyl (C=O) groups is 1. The number of anilines is 1. The highest BCUT2D eigenvalue weighted by Crippen LogP contribution is 2.28. The van der Waals surface area contributed by atoms with Gasteiger partial charge in [0, 0.05) is 19.0 Å². The van der Waals surface area contributed by atoms with Gasteiger partial charge in [0.15, 0.2) is 0 Å². The second-order valence-electron chi connectivity index (χ2n) is 5.70. The van der Waals surface area contributed by atoms with Crippen LogP contribution in [-0.4, -0.2) is 35.9 Å². The lowest BCUT2D eigenvalue weighted by Crippen LogP contribution is -2.28. The molecule has 0 saturated carbocycles. The van der Waals surface area contributed by atoms with Crippen LogP contribution in [0.5, 0.6) is 0 Å². The van der Waals surface area contributed by atoms with Crippen LogP contribution in [0.15, 0.2) is 30.3 Å². The monoisotopic (exact) mass is 337 g/mol. The number of carbonyl (C=O) groups excluding carboxylic acids is 1. The summed E-state index contributed by atoms with van der Waals surface area (Å²) in [6, 6.07) is 9.23. The minimum atomic E-state index is -4.74. The van der Waals surface area contributed by atoms with E-state index >= 15 is 0 Å². The molecule has 1 aliphatic heterocycles. The molecule has 1 amide bonds. The Hall–Kier alpha value is -2.22. The molecule has 1 fully saturated rings. The fraction of sp³-hybridized carbons (Fsp3) is 0.333. The SMILES string of the molecule is Cc1ccc(-n2nc(C)cc2N2CC(S(=O)(=O)F)CC2=O)cc1. The molecule has 6 nitrogen and oxygen atoms in total. The Kier molecular flexibility index (Phi) is 3.71. The molecule has 0 spiro atoms. The Morgan fingerprint density at radius 3 is 2.43 bits per heavy atom. The standard InChI is InChI=1S/C15H16FN3O3S/c1-10-3-5-12(6-4-10)19-14(7-11(2)17-19)18-9-13(8-15(18)20)23(16,21)22/h3-7,13H,8-9H2,1-2H3. The van der Waals surface area contributed by atoms with E-state index in [1.54, 1.807) is 17.7 Å². The predicted molar refractivity (Wildman–Crippen MR) is 83.8 cm³/mol. The number of hydrogen-bond acceptors (Lipinski definition) is 4. The Balaban J connectivity index is 2.01. The van der Waals surface area contributed by atoms with Crippen LogP contribution in [0.2, 0.25) is 0 Å². The van der Waals surface area contributed by atoms with Crippen molar-refractivity contribution < 1.29 is 17.1 Å². The molecule has 1 aliphatic rings. The fourth-order valence-corrected chi connectivity index (χ4v) is 3.31. The van der Waals surface area contributed by atoms with Crippen molar-refractivity contribution in [1.29, 1.82) is 0 Å². The van der Waals surface area contributed by atoms with Crippen molar-refractivity contribution in [3.63, 3.8) is 0 Å². The third-order valence-corrected chi connectivity index (χ3v) is 4.97. The first kappa shape index (κ1) is 15.7. The summed E-state index contributed by atoms with van der Waals surface area (Å²) in [4.78, 5) is 13.4. The Labute approximate surface area is 133 Å². The van der Waals surface area contributed by atoms with E-state index in [2.05, 4.69) is 5.10 Å². The van der Waals surface area contributed by atoms with Gasteiger partial charge in [0.1, 0.15) is 11.1 Å². The number of hydrogen-bond donors (Lipinski definition) is 0. The molecule has 23 heavy (non-hydrogen) atoms. The molecule has 122 valence electrons. The fourth-order valence-electron chi connectivity index (χ4n) is 2.64. The van der Waals surface area contributed by atoms with Gasteiger partial charge in [-0.15, -0.1) is 3.89 Å². The third kappa shape index (κ3) is 2.98. The van der Waals surface area contributed by atoms with Crippen molar-refractivity contribution in [3.8, 4) is 5.69 Å². The lowest BCUT2D eigenvalue weighted by molar-refractivity contribution is -0.117. The van der Waals surface area contributed by atoms with Gasteiger partial charge in [-0.25, -0.2) is 4.68 Å². The summed E-state index contributed by atoms with van der Waals surface area (Å²) in [5, 5.41) is 3.03. The van der Waals surface area contributed by atoms with Crippen LogP contribution in [0.1, 0.15) is 17.7 Å². The van der Waals surface area contributed by atoms with Crippen molar-refractivity contribution in [2.24, 2.45) is 0 Å². The van der Waals surface area contributed by atoms with E-state index in [0.29, 0.717) is 11.5 Å². The summed E-state index contributed by atoms with van der Waals surface area (Å²) in [6.45, 7) is 3.53. The first-order chi connectivity index (χ1) is 10.8. The molecule has 1 saturated heterocycles. The smallest absolute Gasteiger partial charge is 0.295 e. The zero-order valence-corrected chi connectivity index (χ0v) is 13.5. The van der Waals surface area contributed by atoms with Gasteiger partial charge < -0.3 is 0 Å². The minimum absolute atomic E-state index is 0.200. The molecule has 1 aromatic heterocycles. The third-order valence-electron chi connectivity index (χ3n) is 3.86. The maximum absolute atomic E-state index is 13.2. The zero-order chi connectivity index (χ0) is 16.8. The lowest BCUT2D eigenvalue weighted by atomic mass is 10.2. The molecular weight excluding hydrogens is 321 g/mol. The summed E-state index contributed by atoms with van der Waals surface area (Å²) < 4.78 is 36.9. The van der Waals surface area contributed by atoms with E-state index in [4.69, 9.17) is 0 Å². The lowest BCUT2D eigenvalue weighted by Gasteiger charge is -2.17. The normalized spacial score (nSPS) is 18.7. The molecule has 0 bridgehead atoms. The number of aryl methyl sites for hydroxylation is 2. The number of aromatic nitrogens is 2. The van der Waals surface area contributed by atoms with Gasteiger partial charge in [-0.2, -0.15) is 13.5 Å². The number of nitrogens with zero attached hydrogens (tertiary/aromatic N) is 3. The van der Waals surface area contributed by atoms with Crippen molar-refractivity contribution in [3.05, 3.63) is 41.6 Å². The number of benzene rings is 1. The first-order valence-corrected chi connectivity index (χ1v) is 8.58. The van der Waals surface area contributed by atoms with Crippen LogP contribution in [0.4, 0.5) is 9.70 Å². The highest BCUT2D eigenvalue weighted by Gasteiger charge is 2.40. The quantitative estimate of drug-likeness (QED) is 0.802. The molecule has 1 atom stereocenters. The zero-order valence-electron chi connectivity index (χ0n) is 12.7. The summed E-state index contributed by atoms with van der Waals surface area (Å²) >= 11 is 0. The summed E-state index contributed by atoms with van der Waals surface area (Å²) in [5.74, 6) is 0.0204.